The van der Waals surface area contributed by atoms with E-state index < -0.39 is 0 Å². The average molecular weight is 705 g/mol. The van der Waals surface area contributed by atoms with Crippen molar-refractivity contribution < 1.29 is 18.3 Å². The minimum Gasteiger partial charge on any atom is -0.453 e. The van der Waals surface area contributed by atoms with Crippen molar-refractivity contribution in [2.75, 3.05) is 6.79 Å². The summed E-state index contributed by atoms with van der Waals surface area (Å²) in [6.45, 7) is 2.31. The van der Waals surface area contributed by atoms with Crippen LogP contribution in [0.2, 0.25) is 0 Å². The van der Waals surface area contributed by atoms with Crippen molar-refractivity contribution in [3.63, 3.8) is 0 Å². The Labute approximate surface area is 312 Å². The predicted octanol–water partition coefficient (Wildman–Crippen LogP) is 14.8. The lowest BCUT2D eigenvalue weighted by molar-refractivity contribution is 0.126. The maximum absolute atomic E-state index is 7.17. The molecule has 0 fully saturated rings. The lowest BCUT2D eigenvalue weighted by Gasteiger charge is -2.15. The Kier molecular flexibility index (Phi) is 7.33. The smallest absolute Gasteiger partial charge is 0.231 e. The molecule has 0 saturated heterocycles. The highest BCUT2D eigenvalue weighted by molar-refractivity contribution is 6.31. The summed E-state index contributed by atoms with van der Waals surface area (Å²) < 4.78 is 27.4. The maximum Gasteiger partial charge on any atom is 0.231 e. The normalized spacial score (nSPS) is 13.0. The van der Waals surface area contributed by atoms with E-state index in [1.807, 2.05) is 0 Å². The first kappa shape index (κ1) is 31.5. The van der Waals surface area contributed by atoms with E-state index in [0.717, 1.165) is 101 Å². The molecule has 1 aliphatic heterocycles. The number of furan rings is 2. The van der Waals surface area contributed by atoms with Crippen LogP contribution in [-0.4, -0.2) is 6.79 Å². The summed E-state index contributed by atoms with van der Waals surface area (Å²) >= 11 is 0. The summed E-state index contributed by atoms with van der Waals surface area (Å²) in [5.41, 5.74) is 6.56. The SMILES string of the molecule is CCCCCCCCCc1c2ccccc2cc2c1oc1c3c(c4ccccc4c12)-c1c(c2oc4cc5ccccc5cc4c2c2ccccc12)OCO3. The lowest BCUT2D eigenvalue weighted by Crippen LogP contribution is -2.04. The van der Waals surface area contributed by atoms with Gasteiger partial charge in [-0.05, 0) is 74.1 Å². The summed E-state index contributed by atoms with van der Waals surface area (Å²) in [6.07, 6.45) is 9.87. The second kappa shape index (κ2) is 12.6. The third-order valence-corrected chi connectivity index (χ3v) is 11.8. The van der Waals surface area contributed by atoms with Crippen LogP contribution >= 0.6 is 0 Å². The van der Waals surface area contributed by atoms with E-state index in [-0.39, 0.29) is 6.79 Å². The fourth-order valence-corrected chi connectivity index (χ4v) is 9.35. The van der Waals surface area contributed by atoms with Gasteiger partial charge >= 0.3 is 0 Å². The molecule has 0 unspecified atom stereocenters. The minimum absolute atomic E-state index is 0.0316. The van der Waals surface area contributed by atoms with Crippen molar-refractivity contribution in [1.82, 2.24) is 0 Å². The standard InChI is InChI=1S/C50H40O4/c1-2-3-4-5-6-7-8-25-38-33-20-12-11-19-32(33)27-40-43-35-22-14-16-24-37(35)45-44-36-23-15-13-21-34(36)42-39-26-30-17-9-10-18-31(30)28-41(39)53-49(42)47(44)51-29-52-48(45)50(43)54-46(38)40/h9-24,26-28H,2-8,25,29H2,1H3. The fraction of sp³-hybridized carbons (Fsp3) is 0.200. The Morgan fingerprint density at radius 1 is 0.444 bits per heavy atom. The van der Waals surface area contributed by atoms with Gasteiger partial charge in [0.2, 0.25) is 6.79 Å². The number of rotatable bonds is 8. The van der Waals surface area contributed by atoms with Crippen molar-refractivity contribution in [1.29, 1.82) is 0 Å². The van der Waals surface area contributed by atoms with Crippen molar-refractivity contribution in [3.8, 4) is 22.6 Å². The highest BCUT2D eigenvalue weighted by atomic mass is 16.7. The van der Waals surface area contributed by atoms with Gasteiger partial charge in [0.25, 0.3) is 0 Å². The Bertz CT molecular complexity index is 3110. The molecule has 3 heterocycles. The third-order valence-electron chi connectivity index (χ3n) is 11.8. The Morgan fingerprint density at radius 2 is 0.963 bits per heavy atom. The molecule has 4 heteroatoms. The first-order chi connectivity index (χ1) is 26.8. The minimum atomic E-state index is 0.0316. The molecule has 4 nitrogen and oxygen atoms in total. The summed E-state index contributed by atoms with van der Waals surface area (Å²) in [5, 5.41) is 13.7. The zero-order valence-electron chi connectivity index (χ0n) is 30.5. The number of ether oxygens (including phenoxy) is 2. The number of hydrogen-bond acceptors (Lipinski definition) is 4. The number of benzene rings is 8. The highest BCUT2D eigenvalue weighted by Gasteiger charge is 2.32. The van der Waals surface area contributed by atoms with Gasteiger partial charge in [-0.25, -0.2) is 0 Å². The van der Waals surface area contributed by atoms with Crippen LogP contribution in [-0.2, 0) is 6.42 Å². The van der Waals surface area contributed by atoms with Crippen LogP contribution in [0.3, 0.4) is 0 Å². The fourth-order valence-electron chi connectivity index (χ4n) is 9.35. The summed E-state index contributed by atoms with van der Waals surface area (Å²) in [7, 11) is 0. The number of aryl methyl sites for hydroxylation is 1. The average Bonchev–Trinajstić information content (AvgIpc) is 3.71. The van der Waals surface area contributed by atoms with Gasteiger partial charge in [0.05, 0.1) is 0 Å². The van der Waals surface area contributed by atoms with Crippen LogP contribution in [0.5, 0.6) is 11.5 Å². The predicted molar refractivity (Wildman–Crippen MR) is 224 cm³/mol. The van der Waals surface area contributed by atoms with Crippen LogP contribution in [0.4, 0.5) is 0 Å². The van der Waals surface area contributed by atoms with Gasteiger partial charge in [-0.2, -0.15) is 0 Å². The molecule has 1 aliphatic rings. The maximum atomic E-state index is 7.17. The van der Waals surface area contributed by atoms with E-state index in [4.69, 9.17) is 18.3 Å². The third kappa shape index (κ3) is 4.69. The van der Waals surface area contributed by atoms with Gasteiger partial charge in [0.15, 0.2) is 22.7 Å². The van der Waals surface area contributed by atoms with Gasteiger partial charge in [0, 0.05) is 38.2 Å². The summed E-state index contributed by atoms with van der Waals surface area (Å²) in [4.78, 5) is 0. The van der Waals surface area contributed by atoms with E-state index >= 15 is 0 Å². The molecule has 0 saturated carbocycles. The van der Waals surface area contributed by atoms with E-state index in [9.17, 15) is 0 Å². The molecule has 54 heavy (non-hydrogen) atoms. The Balaban J connectivity index is 1.20. The molecule has 0 radical (unpaired) electrons. The molecule has 0 N–H and O–H groups in total. The second-order valence-corrected chi connectivity index (χ2v) is 15.0. The molecular weight excluding hydrogens is 665 g/mol. The molecule has 0 bridgehead atoms. The molecular formula is C50H40O4. The molecule has 2 aromatic heterocycles. The van der Waals surface area contributed by atoms with E-state index in [1.54, 1.807) is 0 Å². The van der Waals surface area contributed by atoms with E-state index in [2.05, 4.69) is 122 Å². The van der Waals surface area contributed by atoms with Crippen LogP contribution < -0.4 is 9.47 Å². The topological polar surface area (TPSA) is 44.7 Å². The summed E-state index contributed by atoms with van der Waals surface area (Å²) in [5.74, 6) is 1.42. The van der Waals surface area contributed by atoms with Gasteiger partial charge in [-0.15, -0.1) is 0 Å². The monoisotopic (exact) mass is 704 g/mol. The van der Waals surface area contributed by atoms with Crippen molar-refractivity contribution in [3.05, 3.63) is 121 Å². The van der Waals surface area contributed by atoms with Crippen molar-refractivity contribution in [2.45, 2.75) is 58.3 Å². The lowest BCUT2D eigenvalue weighted by atomic mass is 9.88. The Hall–Kier alpha value is -6.00. The van der Waals surface area contributed by atoms with Crippen molar-refractivity contribution in [2.24, 2.45) is 0 Å². The first-order valence-corrected chi connectivity index (χ1v) is 19.7. The molecule has 8 aromatic carbocycles. The van der Waals surface area contributed by atoms with Crippen LogP contribution in [0.1, 0.15) is 57.4 Å². The highest BCUT2D eigenvalue weighted by Crippen LogP contribution is 2.56. The molecule has 11 rings (SSSR count). The largest absolute Gasteiger partial charge is 0.453 e. The molecule has 0 aliphatic carbocycles. The van der Waals surface area contributed by atoms with Crippen LogP contribution in [0.25, 0.3) is 98.1 Å². The van der Waals surface area contributed by atoms with Gasteiger partial charge in [0.1, 0.15) is 11.2 Å². The molecule has 264 valence electrons. The van der Waals surface area contributed by atoms with Crippen LogP contribution in [0, 0.1) is 0 Å². The quantitative estimate of drug-likeness (QED) is 0.148. The van der Waals surface area contributed by atoms with Crippen molar-refractivity contribution >= 4 is 87.0 Å². The van der Waals surface area contributed by atoms with Crippen LogP contribution in [0.15, 0.2) is 124 Å². The zero-order chi connectivity index (χ0) is 35.8. The zero-order valence-corrected chi connectivity index (χ0v) is 30.5. The molecule has 0 atom stereocenters. The second-order valence-electron chi connectivity index (χ2n) is 15.0. The molecule has 0 spiro atoms. The molecule has 0 amide bonds. The van der Waals surface area contributed by atoms with E-state index in [0.29, 0.717) is 5.75 Å². The number of hydrogen-bond donors (Lipinski definition) is 0. The van der Waals surface area contributed by atoms with E-state index in [1.165, 1.54) is 60.2 Å². The summed E-state index contributed by atoms with van der Waals surface area (Å²) in [6, 6.07) is 41.3. The van der Waals surface area contributed by atoms with Gasteiger partial charge < -0.3 is 18.3 Å². The number of fused-ring (bicyclic) bond motifs is 19. The van der Waals surface area contributed by atoms with Gasteiger partial charge in [-0.3, -0.25) is 0 Å². The van der Waals surface area contributed by atoms with Gasteiger partial charge in [-0.1, -0.05) is 143 Å². The molecule has 10 aromatic rings. The number of unbranched alkanes of at least 4 members (excludes halogenated alkanes) is 6. The first-order valence-electron chi connectivity index (χ1n) is 19.7. The Morgan fingerprint density at radius 3 is 1.65 bits per heavy atom.